The van der Waals surface area contributed by atoms with E-state index in [-0.39, 0.29) is 6.71 Å². The SMILES string of the molecule is Cc1cc(C)c(B2c3ccccc3N3c4ccc(-c5cccc6c5sc5ccccc56)cc4[Si](c4ccccc4)(c4ccccc4)c4cccc2c43)c(C)c1. The molecule has 0 aliphatic carbocycles. The minimum atomic E-state index is -2.92. The van der Waals surface area contributed by atoms with Crippen molar-refractivity contribution in [1.82, 2.24) is 0 Å². The lowest BCUT2D eigenvalue weighted by Crippen LogP contribution is -2.78. The Morgan fingerprint density at radius 3 is 1.91 bits per heavy atom. The van der Waals surface area contributed by atoms with Gasteiger partial charge in [-0.15, -0.1) is 11.3 Å². The van der Waals surface area contributed by atoms with Gasteiger partial charge in [0.25, 0.3) is 0 Å². The standard InChI is InChI=1S/C51H38BNSSi/c1-33-30-34(2)49(35(3)31-33)52-42-23-11-12-25-44(42)53-45-29-28-36(39-21-14-22-41-40-20-10-13-26-46(40)54-51(39)41)32-48(45)55(37-16-6-4-7-17-37,38-18-8-5-9-19-38)47-27-15-24-43(52)50(47)53/h4-32H,1-3H3. The van der Waals surface area contributed by atoms with Crippen molar-refractivity contribution in [2.24, 2.45) is 0 Å². The molecule has 0 bridgehead atoms. The molecule has 9 aromatic rings. The van der Waals surface area contributed by atoms with Crippen LogP contribution < -0.4 is 42.0 Å². The third kappa shape index (κ3) is 4.59. The molecule has 260 valence electrons. The van der Waals surface area contributed by atoms with Gasteiger partial charge in [0, 0.05) is 37.2 Å². The highest BCUT2D eigenvalue weighted by atomic mass is 32.1. The number of fused-ring (bicyclic) bond motifs is 7. The highest BCUT2D eigenvalue weighted by molar-refractivity contribution is 7.26. The molecule has 0 fully saturated rings. The third-order valence-corrected chi connectivity index (χ3v) is 18.3. The average molecular weight is 736 g/mol. The van der Waals surface area contributed by atoms with E-state index in [4.69, 9.17) is 0 Å². The fourth-order valence-electron chi connectivity index (χ4n) is 10.3. The molecular formula is C51H38BNSSi. The van der Waals surface area contributed by atoms with Gasteiger partial charge in [-0.3, -0.25) is 0 Å². The number of rotatable bonds is 4. The molecule has 1 nitrogen and oxygen atoms in total. The van der Waals surface area contributed by atoms with Gasteiger partial charge in [-0.2, -0.15) is 0 Å². The molecule has 55 heavy (non-hydrogen) atoms. The number of aryl methyl sites for hydroxylation is 3. The molecule has 2 aliphatic rings. The summed E-state index contributed by atoms with van der Waals surface area (Å²) in [6.45, 7) is 6.95. The van der Waals surface area contributed by atoms with Crippen LogP contribution in [0, 0.1) is 20.8 Å². The van der Waals surface area contributed by atoms with Crippen LogP contribution in [-0.2, 0) is 0 Å². The predicted octanol–water partition coefficient (Wildman–Crippen LogP) is 8.64. The van der Waals surface area contributed by atoms with Gasteiger partial charge in [0.05, 0.1) is 0 Å². The summed E-state index contributed by atoms with van der Waals surface area (Å²) in [4.78, 5) is 2.63. The lowest BCUT2D eigenvalue weighted by molar-refractivity contribution is 1.29. The van der Waals surface area contributed by atoms with E-state index in [0.717, 1.165) is 0 Å². The first kappa shape index (κ1) is 32.5. The van der Waals surface area contributed by atoms with Crippen molar-refractivity contribution < 1.29 is 0 Å². The molecule has 1 aromatic heterocycles. The van der Waals surface area contributed by atoms with Crippen LogP contribution >= 0.6 is 11.3 Å². The molecule has 0 unspecified atom stereocenters. The molecule has 2 aliphatic heterocycles. The Balaban J connectivity index is 1.28. The summed E-state index contributed by atoms with van der Waals surface area (Å²) in [5, 5.41) is 8.37. The zero-order valence-electron chi connectivity index (χ0n) is 31.2. The normalized spacial score (nSPS) is 13.8. The molecule has 0 atom stereocenters. The minimum absolute atomic E-state index is 0.118. The Labute approximate surface area is 328 Å². The molecule has 0 radical (unpaired) electrons. The third-order valence-electron chi connectivity index (χ3n) is 12.3. The van der Waals surface area contributed by atoms with E-state index < -0.39 is 8.07 Å². The highest BCUT2D eigenvalue weighted by Gasteiger charge is 2.52. The van der Waals surface area contributed by atoms with E-state index in [1.165, 1.54) is 102 Å². The number of thiophene rings is 1. The molecule has 0 saturated carbocycles. The van der Waals surface area contributed by atoms with Crippen molar-refractivity contribution in [2.45, 2.75) is 20.8 Å². The molecule has 0 amide bonds. The minimum Gasteiger partial charge on any atom is -0.312 e. The van der Waals surface area contributed by atoms with E-state index in [2.05, 4.69) is 202 Å². The maximum atomic E-state index is 2.63. The Bertz CT molecular complexity index is 2920. The van der Waals surface area contributed by atoms with Crippen LogP contribution in [0.15, 0.2) is 176 Å². The monoisotopic (exact) mass is 735 g/mol. The Morgan fingerprint density at radius 1 is 0.509 bits per heavy atom. The zero-order valence-corrected chi connectivity index (χ0v) is 33.0. The summed E-state index contributed by atoms with van der Waals surface area (Å²) >= 11 is 1.91. The highest BCUT2D eigenvalue weighted by Crippen LogP contribution is 2.43. The number of hydrogen-bond acceptors (Lipinski definition) is 2. The van der Waals surface area contributed by atoms with Gasteiger partial charge in [-0.05, 0) is 81.8 Å². The fourth-order valence-corrected chi connectivity index (χ4v) is 16.7. The Morgan fingerprint density at radius 2 is 1.15 bits per heavy atom. The Hall–Kier alpha value is -5.94. The first-order valence-corrected chi connectivity index (χ1v) is 22.1. The summed E-state index contributed by atoms with van der Waals surface area (Å²) in [6, 6.07) is 67.2. The number of nitrogens with zero attached hydrogens (tertiary/aromatic N) is 1. The predicted molar refractivity (Wildman–Crippen MR) is 242 cm³/mol. The number of hydrogen-bond donors (Lipinski definition) is 0. The van der Waals surface area contributed by atoms with E-state index in [1.807, 2.05) is 11.3 Å². The smallest absolute Gasteiger partial charge is 0.247 e. The second-order valence-electron chi connectivity index (χ2n) is 15.4. The number of benzene rings is 8. The van der Waals surface area contributed by atoms with Gasteiger partial charge >= 0.3 is 0 Å². The zero-order chi connectivity index (χ0) is 36.8. The maximum absolute atomic E-state index is 2.92. The van der Waals surface area contributed by atoms with Gasteiger partial charge < -0.3 is 4.90 Å². The van der Waals surface area contributed by atoms with E-state index in [9.17, 15) is 0 Å². The Kier molecular flexibility index (Phi) is 7.26. The molecule has 8 aromatic carbocycles. The summed E-state index contributed by atoms with van der Waals surface area (Å²) in [5.41, 5.74) is 14.7. The molecule has 0 spiro atoms. The first-order chi connectivity index (χ1) is 27.0. The van der Waals surface area contributed by atoms with Crippen LogP contribution in [0.4, 0.5) is 17.1 Å². The van der Waals surface area contributed by atoms with Gasteiger partial charge in [-0.1, -0.05) is 180 Å². The lowest BCUT2D eigenvalue weighted by atomic mass is 9.34. The van der Waals surface area contributed by atoms with Crippen molar-refractivity contribution in [1.29, 1.82) is 0 Å². The summed E-state index contributed by atoms with van der Waals surface area (Å²) in [5.74, 6) is 0. The van der Waals surface area contributed by atoms with Crippen LogP contribution in [0.5, 0.6) is 0 Å². The molecule has 11 rings (SSSR count). The number of para-hydroxylation sites is 2. The van der Waals surface area contributed by atoms with Crippen LogP contribution in [0.1, 0.15) is 16.7 Å². The van der Waals surface area contributed by atoms with Crippen LogP contribution in [0.2, 0.25) is 0 Å². The van der Waals surface area contributed by atoms with E-state index in [1.54, 1.807) is 0 Å². The van der Waals surface area contributed by atoms with E-state index in [0.29, 0.717) is 0 Å². The van der Waals surface area contributed by atoms with Gasteiger partial charge in [0.2, 0.25) is 6.71 Å². The fraction of sp³-hybridized carbons (Fsp3) is 0.0588. The van der Waals surface area contributed by atoms with Crippen molar-refractivity contribution >= 4 is 100 Å². The van der Waals surface area contributed by atoms with Gasteiger partial charge in [0.15, 0.2) is 8.07 Å². The lowest BCUT2D eigenvalue weighted by Gasteiger charge is -2.49. The average Bonchev–Trinajstić information content (AvgIpc) is 3.61. The van der Waals surface area contributed by atoms with Crippen molar-refractivity contribution in [3.8, 4) is 11.1 Å². The van der Waals surface area contributed by atoms with Crippen LogP contribution in [0.3, 0.4) is 0 Å². The molecule has 0 N–H and O–H groups in total. The molecule has 0 saturated heterocycles. The summed E-state index contributed by atoms with van der Waals surface area (Å²) in [7, 11) is -2.92. The quantitative estimate of drug-likeness (QED) is 0.164. The van der Waals surface area contributed by atoms with Crippen LogP contribution in [0.25, 0.3) is 31.3 Å². The second-order valence-corrected chi connectivity index (χ2v) is 20.2. The van der Waals surface area contributed by atoms with Crippen molar-refractivity contribution in [3.63, 3.8) is 0 Å². The van der Waals surface area contributed by atoms with Crippen molar-refractivity contribution in [2.75, 3.05) is 4.90 Å². The maximum Gasteiger partial charge on any atom is 0.247 e. The van der Waals surface area contributed by atoms with E-state index >= 15 is 0 Å². The summed E-state index contributed by atoms with van der Waals surface area (Å²) in [6.07, 6.45) is 0. The van der Waals surface area contributed by atoms with Gasteiger partial charge in [-0.25, -0.2) is 0 Å². The van der Waals surface area contributed by atoms with Crippen LogP contribution in [-0.4, -0.2) is 14.8 Å². The van der Waals surface area contributed by atoms with Gasteiger partial charge in [0.1, 0.15) is 0 Å². The summed E-state index contributed by atoms with van der Waals surface area (Å²) < 4.78 is 2.68. The molecule has 4 heteroatoms. The number of anilines is 3. The molecule has 3 heterocycles. The largest absolute Gasteiger partial charge is 0.312 e. The van der Waals surface area contributed by atoms with Crippen molar-refractivity contribution in [3.05, 3.63) is 193 Å². The first-order valence-electron chi connectivity index (χ1n) is 19.3. The topological polar surface area (TPSA) is 3.24 Å². The second kappa shape index (κ2) is 12.3. The molecular weight excluding hydrogens is 698 g/mol.